The lowest BCUT2D eigenvalue weighted by molar-refractivity contribution is -0.137. The van der Waals surface area contributed by atoms with Gasteiger partial charge in [-0.15, -0.1) is 0 Å². The quantitative estimate of drug-likeness (QED) is 0.416. The van der Waals surface area contributed by atoms with Crippen molar-refractivity contribution in [3.8, 4) is 0 Å². The van der Waals surface area contributed by atoms with E-state index in [9.17, 15) is 32.3 Å². The van der Waals surface area contributed by atoms with E-state index in [1.165, 1.54) is 49.4 Å². The SMILES string of the molecule is CC(=O)Nc1ccc(N2C(=O)c3ccc(C(=O)OCc4ccc(C(F)(F)F)cc4)cc3C2=O)cc1. The molecule has 0 saturated heterocycles. The largest absolute Gasteiger partial charge is 0.457 e. The molecule has 3 aromatic rings. The number of hydrogen-bond acceptors (Lipinski definition) is 5. The molecule has 10 heteroatoms. The number of benzene rings is 3. The molecule has 1 N–H and O–H groups in total. The van der Waals surface area contributed by atoms with Gasteiger partial charge in [0.25, 0.3) is 11.8 Å². The monoisotopic (exact) mass is 482 g/mol. The van der Waals surface area contributed by atoms with Crippen molar-refractivity contribution in [2.45, 2.75) is 19.7 Å². The average molecular weight is 482 g/mol. The van der Waals surface area contributed by atoms with Gasteiger partial charge >= 0.3 is 12.1 Å². The highest BCUT2D eigenvalue weighted by atomic mass is 19.4. The summed E-state index contributed by atoms with van der Waals surface area (Å²) in [6.45, 7) is 1.08. The Morgan fingerprint density at radius 2 is 1.51 bits per heavy atom. The standard InChI is InChI=1S/C25H17F3N2O5/c1-14(31)29-18-7-9-19(10-8-18)30-22(32)20-11-4-16(12-21(20)23(30)33)24(34)35-13-15-2-5-17(6-3-15)25(26,27)28/h2-12H,13H2,1H3,(H,29,31). The molecule has 1 aliphatic heterocycles. The lowest BCUT2D eigenvalue weighted by atomic mass is 10.1. The molecule has 0 radical (unpaired) electrons. The number of imide groups is 1. The van der Waals surface area contributed by atoms with E-state index in [1.54, 1.807) is 12.1 Å². The molecule has 3 amide bonds. The molecule has 7 nitrogen and oxygen atoms in total. The number of rotatable bonds is 5. The summed E-state index contributed by atoms with van der Waals surface area (Å²) in [5, 5.41) is 2.59. The molecule has 178 valence electrons. The highest BCUT2D eigenvalue weighted by Gasteiger charge is 2.37. The lowest BCUT2D eigenvalue weighted by Gasteiger charge is -2.14. The van der Waals surface area contributed by atoms with E-state index >= 15 is 0 Å². The fourth-order valence-electron chi connectivity index (χ4n) is 3.52. The van der Waals surface area contributed by atoms with Crippen molar-refractivity contribution in [3.05, 3.63) is 94.5 Å². The van der Waals surface area contributed by atoms with Crippen molar-refractivity contribution in [1.82, 2.24) is 0 Å². The molecule has 0 fully saturated rings. The zero-order chi connectivity index (χ0) is 25.3. The van der Waals surface area contributed by atoms with Gasteiger partial charge in [0.1, 0.15) is 6.61 Å². The van der Waals surface area contributed by atoms with Gasteiger partial charge < -0.3 is 10.1 Å². The molecular weight excluding hydrogens is 465 g/mol. The van der Waals surface area contributed by atoms with Crippen molar-refractivity contribution < 1.29 is 37.1 Å². The van der Waals surface area contributed by atoms with Crippen LogP contribution < -0.4 is 10.2 Å². The van der Waals surface area contributed by atoms with Crippen molar-refractivity contribution >= 4 is 35.1 Å². The third-order valence-electron chi connectivity index (χ3n) is 5.22. The van der Waals surface area contributed by atoms with Gasteiger partial charge in [0.15, 0.2) is 0 Å². The molecule has 4 rings (SSSR count). The Kier molecular flexibility index (Phi) is 6.12. The summed E-state index contributed by atoms with van der Waals surface area (Å²) in [5.74, 6) is -2.26. The molecule has 0 bridgehead atoms. The number of anilines is 2. The van der Waals surface area contributed by atoms with Crippen molar-refractivity contribution in [3.63, 3.8) is 0 Å². The zero-order valence-electron chi connectivity index (χ0n) is 18.2. The van der Waals surface area contributed by atoms with Crippen LogP contribution in [-0.4, -0.2) is 23.7 Å². The molecule has 1 aliphatic rings. The summed E-state index contributed by atoms with van der Waals surface area (Å²) in [4.78, 5) is 50.3. The molecule has 1 heterocycles. The van der Waals surface area contributed by atoms with Gasteiger partial charge in [-0.25, -0.2) is 9.69 Å². The molecule has 35 heavy (non-hydrogen) atoms. The first-order valence-electron chi connectivity index (χ1n) is 10.3. The summed E-state index contributed by atoms with van der Waals surface area (Å²) in [6.07, 6.45) is -4.47. The predicted octanol–water partition coefficient (Wildman–Crippen LogP) is 4.82. The maximum Gasteiger partial charge on any atom is 0.416 e. The van der Waals surface area contributed by atoms with E-state index in [1.807, 2.05) is 0 Å². The van der Waals surface area contributed by atoms with Crippen LogP contribution in [0.25, 0.3) is 0 Å². The fourth-order valence-corrected chi connectivity index (χ4v) is 3.52. The van der Waals surface area contributed by atoms with Gasteiger partial charge in [-0.3, -0.25) is 14.4 Å². The number of ether oxygens (including phenoxy) is 1. The van der Waals surface area contributed by atoms with E-state index in [0.717, 1.165) is 17.0 Å². The molecule has 0 saturated carbocycles. The van der Waals surface area contributed by atoms with Crippen LogP contribution in [0.4, 0.5) is 24.5 Å². The van der Waals surface area contributed by atoms with Crippen LogP contribution >= 0.6 is 0 Å². The number of fused-ring (bicyclic) bond motifs is 1. The first-order valence-corrected chi connectivity index (χ1v) is 10.3. The normalized spacial score (nSPS) is 13.0. The minimum atomic E-state index is -4.47. The smallest absolute Gasteiger partial charge is 0.416 e. The average Bonchev–Trinajstić information content (AvgIpc) is 3.07. The van der Waals surface area contributed by atoms with Gasteiger partial charge in [-0.05, 0) is 60.2 Å². The third kappa shape index (κ3) is 4.91. The number of alkyl halides is 3. The van der Waals surface area contributed by atoms with E-state index in [2.05, 4.69) is 5.32 Å². The maximum atomic E-state index is 12.9. The number of carbonyl (C=O) groups is 4. The van der Waals surface area contributed by atoms with Crippen LogP contribution in [-0.2, 0) is 22.3 Å². The fraction of sp³-hybridized carbons (Fsp3) is 0.120. The molecule has 0 aliphatic carbocycles. The molecule has 0 aromatic heterocycles. The number of carbonyl (C=O) groups excluding carboxylic acids is 4. The Bertz CT molecular complexity index is 1330. The zero-order valence-corrected chi connectivity index (χ0v) is 18.2. The lowest BCUT2D eigenvalue weighted by Crippen LogP contribution is -2.29. The Hall–Kier alpha value is -4.47. The Balaban J connectivity index is 1.47. The molecule has 0 unspecified atom stereocenters. The number of nitrogens with zero attached hydrogens (tertiary/aromatic N) is 1. The number of nitrogens with one attached hydrogen (secondary N) is 1. The van der Waals surface area contributed by atoms with E-state index in [0.29, 0.717) is 11.3 Å². The summed E-state index contributed by atoms with van der Waals surface area (Å²) in [5.41, 5.74) is 0.466. The second-order valence-electron chi connectivity index (χ2n) is 7.70. The van der Waals surface area contributed by atoms with Gasteiger partial charge in [0.05, 0.1) is 27.9 Å². The van der Waals surface area contributed by atoms with Crippen molar-refractivity contribution in [2.75, 3.05) is 10.2 Å². The number of hydrogen-bond donors (Lipinski definition) is 1. The van der Waals surface area contributed by atoms with Crippen LogP contribution in [0.15, 0.2) is 66.7 Å². The van der Waals surface area contributed by atoms with Crippen LogP contribution in [0.5, 0.6) is 0 Å². The second kappa shape index (κ2) is 9.05. The van der Waals surface area contributed by atoms with Crippen LogP contribution in [0.2, 0.25) is 0 Å². The highest BCUT2D eigenvalue weighted by molar-refractivity contribution is 6.34. The van der Waals surface area contributed by atoms with Gasteiger partial charge in [0.2, 0.25) is 5.91 Å². The third-order valence-corrected chi connectivity index (χ3v) is 5.22. The Morgan fingerprint density at radius 1 is 0.886 bits per heavy atom. The predicted molar refractivity (Wildman–Crippen MR) is 119 cm³/mol. The Labute approximate surface area is 197 Å². The van der Waals surface area contributed by atoms with Crippen molar-refractivity contribution in [1.29, 1.82) is 0 Å². The highest BCUT2D eigenvalue weighted by Crippen LogP contribution is 2.31. The van der Waals surface area contributed by atoms with Gasteiger partial charge in [0, 0.05) is 12.6 Å². The molecular formula is C25H17F3N2O5. The first kappa shape index (κ1) is 23.7. The Morgan fingerprint density at radius 3 is 2.11 bits per heavy atom. The van der Waals surface area contributed by atoms with Crippen LogP contribution in [0.1, 0.15) is 49.1 Å². The summed E-state index contributed by atoms with van der Waals surface area (Å²) in [6, 6.07) is 14.2. The number of esters is 1. The first-order chi connectivity index (χ1) is 16.5. The van der Waals surface area contributed by atoms with Gasteiger partial charge in [-0.1, -0.05) is 12.1 Å². The van der Waals surface area contributed by atoms with Gasteiger partial charge in [-0.2, -0.15) is 13.2 Å². The van der Waals surface area contributed by atoms with E-state index < -0.39 is 29.5 Å². The summed E-state index contributed by atoms with van der Waals surface area (Å²) in [7, 11) is 0. The van der Waals surface area contributed by atoms with Crippen LogP contribution in [0, 0.1) is 0 Å². The van der Waals surface area contributed by atoms with Crippen LogP contribution in [0.3, 0.4) is 0 Å². The second-order valence-corrected chi connectivity index (χ2v) is 7.70. The number of amides is 3. The molecule has 3 aromatic carbocycles. The summed E-state index contributed by atoms with van der Waals surface area (Å²) < 4.78 is 43.2. The molecule has 0 atom stereocenters. The minimum Gasteiger partial charge on any atom is -0.457 e. The maximum absolute atomic E-state index is 12.9. The minimum absolute atomic E-state index is 0.0136. The van der Waals surface area contributed by atoms with E-state index in [-0.39, 0.29) is 34.9 Å². The van der Waals surface area contributed by atoms with E-state index in [4.69, 9.17) is 4.74 Å². The van der Waals surface area contributed by atoms with Crippen molar-refractivity contribution in [2.24, 2.45) is 0 Å². The number of halogens is 3. The summed E-state index contributed by atoms with van der Waals surface area (Å²) >= 11 is 0. The molecule has 0 spiro atoms. The topological polar surface area (TPSA) is 92.8 Å².